The summed E-state index contributed by atoms with van der Waals surface area (Å²) >= 11 is 0. The van der Waals surface area contributed by atoms with Crippen molar-refractivity contribution < 1.29 is 27.2 Å². The highest BCUT2D eigenvalue weighted by molar-refractivity contribution is 5.83. The minimum absolute atomic E-state index is 0.00633. The molecule has 9 heteroatoms. The van der Waals surface area contributed by atoms with Gasteiger partial charge in [0.1, 0.15) is 17.6 Å². The van der Waals surface area contributed by atoms with E-state index in [2.05, 4.69) is 10.5 Å². The Balaban J connectivity index is 2.65. The fraction of sp³-hybridized carbons (Fsp3) is 0.364. The van der Waals surface area contributed by atoms with Crippen molar-refractivity contribution in [1.82, 2.24) is 5.32 Å². The van der Waals surface area contributed by atoms with Gasteiger partial charge in [-0.15, -0.1) is 0 Å². The van der Waals surface area contributed by atoms with Crippen LogP contribution >= 0.6 is 0 Å². The van der Waals surface area contributed by atoms with E-state index in [9.17, 15) is 22.0 Å². The number of rotatable bonds is 5. The van der Waals surface area contributed by atoms with Crippen LogP contribution < -0.4 is 11.1 Å². The summed E-state index contributed by atoms with van der Waals surface area (Å²) in [5.41, 5.74) is 4.96. The van der Waals surface area contributed by atoms with Crippen molar-refractivity contribution >= 4 is 5.84 Å². The summed E-state index contributed by atoms with van der Waals surface area (Å²) in [4.78, 5) is 0. The van der Waals surface area contributed by atoms with Gasteiger partial charge in [-0.25, -0.2) is 8.78 Å². The SMILES string of the molecule is N/C(=N/O)C(CNCc1ccc(F)cc1F)C(F)(F)F. The van der Waals surface area contributed by atoms with E-state index in [-0.39, 0.29) is 12.1 Å². The van der Waals surface area contributed by atoms with Crippen LogP contribution in [0.2, 0.25) is 0 Å². The average molecular weight is 297 g/mol. The summed E-state index contributed by atoms with van der Waals surface area (Å²) in [6.45, 7) is -0.951. The van der Waals surface area contributed by atoms with Gasteiger partial charge in [-0.05, 0) is 6.07 Å². The first-order chi connectivity index (χ1) is 9.25. The minimum Gasteiger partial charge on any atom is -0.409 e. The van der Waals surface area contributed by atoms with Gasteiger partial charge in [0.15, 0.2) is 5.84 Å². The molecule has 1 rings (SSSR count). The number of alkyl halides is 3. The predicted molar refractivity (Wildman–Crippen MR) is 61.0 cm³/mol. The van der Waals surface area contributed by atoms with Crippen LogP contribution in [0.1, 0.15) is 5.56 Å². The summed E-state index contributed by atoms with van der Waals surface area (Å²) in [7, 11) is 0. The molecule has 0 spiro atoms. The normalized spacial score (nSPS) is 14.3. The topological polar surface area (TPSA) is 70.6 Å². The van der Waals surface area contributed by atoms with Crippen molar-refractivity contribution in [3.05, 3.63) is 35.4 Å². The number of nitrogens with zero attached hydrogens (tertiary/aromatic N) is 1. The molecule has 0 amide bonds. The van der Waals surface area contributed by atoms with Crippen molar-refractivity contribution in [2.45, 2.75) is 12.7 Å². The summed E-state index contributed by atoms with van der Waals surface area (Å²) in [5.74, 6) is -4.85. The van der Waals surface area contributed by atoms with Crippen LogP contribution in [-0.2, 0) is 6.54 Å². The maximum absolute atomic E-state index is 13.2. The van der Waals surface area contributed by atoms with Crippen LogP contribution in [0.25, 0.3) is 0 Å². The van der Waals surface area contributed by atoms with E-state index in [1.54, 1.807) is 0 Å². The lowest BCUT2D eigenvalue weighted by Crippen LogP contribution is -2.42. The Morgan fingerprint density at radius 2 is 2.00 bits per heavy atom. The van der Waals surface area contributed by atoms with E-state index in [1.165, 1.54) is 0 Å². The zero-order valence-corrected chi connectivity index (χ0v) is 10.1. The number of hydrogen-bond donors (Lipinski definition) is 3. The molecule has 0 bridgehead atoms. The molecular weight excluding hydrogens is 285 g/mol. The standard InChI is InChI=1S/C11H12F5N3O/c12-7-2-1-6(9(13)3-7)4-18-5-8(10(17)19-20)11(14,15)16/h1-3,8,18,20H,4-5H2,(H2,17,19). The molecule has 0 aliphatic carbocycles. The second kappa shape index (κ2) is 6.51. The highest BCUT2D eigenvalue weighted by Gasteiger charge is 2.42. The maximum atomic E-state index is 13.2. The largest absolute Gasteiger partial charge is 0.409 e. The molecule has 0 fully saturated rings. The Hall–Kier alpha value is -1.90. The van der Waals surface area contributed by atoms with Crippen LogP contribution in [-0.4, -0.2) is 23.8 Å². The average Bonchev–Trinajstić information content (AvgIpc) is 2.34. The molecule has 1 aromatic rings. The summed E-state index contributed by atoms with van der Waals surface area (Å²) in [6.07, 6.45) is -4.70. The molecule has 20 heavy (non-hydrogen) atoms. The highest BCUT2D eigenvalue weighted by atomic mass is 19.4. The lowest BCUT2D eigenvalue weighted by atomic mass is 10.1. The molecule has 0 radical (unpaired) electrons. The van der Waals surface area contributed by atoms with Gasteiger partial charge in [-0.1, -0.05) is 11.2 Å². The third-order valence-electron chi connectivity index (χ3n) is 2.55. The lowest BCUT2D eigenvalue weighted by molar-refractivity contribution is -0.154. The molecule has 0 heterocycles. The Labute approximate surface area is 111 Å². The van der Waals surface area contributed by atoms with E-state index in [0.29, 0.717) is 6.07 Å². The zero-order chi connectivity index (χ0) is 15.3. The third-order valence-corrected chi connectivity index (χ3v) is 2.55. The van der Waals surface area contributed by atoms with E-state index < -0.39 is 36.1 Å². The predicted octanol–water partition coefficient (Wildman–Crippen LogP) is 1.98. The fourth-order valence-corrected chi connectivity index (χ4v) is 1.47. The second-order valence-electron chi connectivity index (χ2n) is 3.99. The lowest BCUT2D eigenvalue weighted by Gasteiger charge is -2.19. The Bertz CT molecular complexity index is 489. The first-order valence-corrected chi connectivity index (χ1v) is 5.44. The maximum Gasteiger partial charge on any atom is 0.400 e. The van der Waals surface area contributed by atoms with Gasteiger partial charge < -0.3 is 16.3 Å². The minimum atomic E-state index is -4.70. The van der Waals surface area contributed by atoms with Crippen molar-refractivity contribution in [2.75, 3.05) is 6.54 Å². The molecule has 112 valence electrons. The number of halogens is 5. The molecule has 0 aliphatic heterocycles. The summed E-state index contributed by atoms with van der Waals surface area (Å²) in [5, 5.41) is 12.9. The van der Waals surface area contributed by atoms with E-state index in [1.807, 2.05) is 0 Å². The highest BCUT2D eigenvalue weighted by Crippen LogP contribution is 2.26. The molecule has 0 saturated heterocycles. The molecule has 1 atom stereocenters. The molecule has 1 aromatic carbocycles. The number of nitrogens with one attached hydrogen (secondary N) is 1. The van der Waals surface area contributed by atoms with Crippen LogP contribution in [0.15, 0.2) is 23.4 Å². The number of oxime groups is 1. The van der Waals surface area contributed by atoms with E-state index >= 15 is 0 Å². The molecule has 0 aliphatic rings. The van der Waals surface area contributed by atoms with Crippen molar-refractivity contribution in [2.24, 2.45) is 16.8 Å². The molecule has 1 unspecified atom stereocenters. The van der Waals surface area contributed by atoms with Crippen LogP contribution in [0.4, 0.5) is 22.0 Å². The monoisotopic (exact) mass is 297 g/mol. The van der Waals surface area contributed by atoms with Crippen molar-refractivity contribution in [1.29, 1.82) is 0 Å². The van der Waals surface area contributed by atoms with Crippen LogP contribution in [0.5, 0.6) is 0 Å². The van der Waals surface area contributed by atoms with Gasteiger partial charge in [0, 0.05) is 24.7 Å². The van der Waals surface area contributed by atoms with Crippen molar-refractivity contribution in [3.8, 4) is 0 Å². The van der Waals surface area contributed by atoms with Gasteiger partial charge in [0.2, 0.25) is 0 Å². The van der Waals surface area contributed by atoms with Crippen LogP contribution in [0, 0.1) is 17.6 Å². The van der Waals surface area contributed by atoms with Gasteiger partial charge in [-0.2, -0.15) is 13.2 Å². The third kappa shape index (κ3) is 4.34. The van der Waals surface area contributed by atoms with Gasteiger partial charge in [0.05, 0.1) is 0 Å². The van der Waals surface area contributed by atoms with E-state index in [4.69, 9.17) is 10.9 Å². The smallest absolute Gasteiger partial charge is 0.400 e. The summed E-state index contributed by atoms with van der Waals surface area (Å²) < 4.78 is 63.6. The summed E-state index contributed by atoms with van der Waals surface area (Å²) in [6, 6.07) is 2.73. The van der Waals surface area contributed by atoms with E-state index in [0.717, 1.165) is 12.1 Å². The fourth-order valence-electron chi connectivity index (χ4n) is 1.47. The van der Waals surface area contributed by atoms with Crippen molar-refractivity contribution in [3.63, 3.8) is 0 Å². The Morgan fingerprint density at radius 1 is 1.35 bits per heavy atom. The first-order valence-electron chi connectivity index (χ1n) is 5.44. The Kier molecular flexibility index (Phi) is 5.26. The second-order valence-corrected chi connectivity index (χ2v) is 3.99. The zero-order valence-electron chi connectivity index (χ0n) is 10.1. The molecule has 4 N–H and O–H groups in total. The number of hydrogen-bond acceptors (Lipinski definition) is 3. The van der Waals surface area contributed by atoms with Gasteiger partial charge in [0.25, 0.3) is 0 Å². The molecule has 4 nitrogen and oxygen atoms in total. The molecule has 0 aromatic heterocycles. The first kappa shape index (κ1) is 16.2. The Morgan fingerprint density at radius 3 is 2.50 bits per heavy atom. The van der Waals surface area contributed by atoms with Gasteiger partial charge in [-0.3, -0.25) is 0 Å². The number of benzene rings is 1. The molecule has 0 saturated carbocycles. The number of amidine groups is 1. The van der Waals surface area contributed by atoms with Gasteiger partial charge >= 0.3 is 6.18 Å². The number of nitrogens with two attached hydrogens (primary N) is 1. The quantitative estimate of drug-likeness (QED) is 0.256. The molecular formula is C11H12F5N3O. The van der Waals surface area contributed by atoms with Crippen LogP contribution in [0.3, 0.4) is 0 Å².